The van der Waals surface area contributed by atoms with E-state index in [-0.39, 0.29) is 28.4 Å². The third-order valence-electron chi connectivity index (χ3n) is 4.64. The summed E-state index contributed by atoms with van der Waals surface area (Å²) in [6, 6.07) is 12.6. The zero-order valence-electron chi connectivity index (χ0n) is 15.6. The van der Waals surface area contributed by atoms with Crippen LogP contribution in [0.2, 0.25) is 5.15 Å². The monoisotopic (exact) mass is 412 g/mol. The van der Waals surface area contributed by atoms with Gasteiger partial charge in [-0.25, -0.2) is 9.07 Å². The Hall–Kier alpha value is -3.19. The van der Waals surface area contributed by atoms with Crippen molar-refractivity contribution in [3.05, 3.63) is 70.8 Å². The van der Waals surface area contributed by atoms with Crippen LogP contribution >= 0.6 is 11.6 Å². The highest BCUT2D eigenvalue weighted by Gasteiger charge is 2.29. The van der Waals surface area contributed by atoms with E-state index in [9.17, 15) is 14.0 Å². The number of anilines is 2. The topological polar surface area (TPSA) is 76.0 Å². The number of carbonyl (C=O) groups excluding carboxylic acids is 2. The molecule has 1 saturated carbocycles. The van der Waals surface area contributed by atoms with Gasteiger partial charge in [0.15, 0.2) is 0 Å². The summed E-state index contributed by atoms with van der Waals surface area (Å²) in [5, 5.41) is 10.1. The van der Waals surface area contributed by atoms with Crippen molar-refractivity contribution in [3.63, 3.8) is 0 Å². The van der Waals surface area contributed by atoms with Gasteiger partial charge in [-0.05, 0) is 62.2 Å². The molecule has 0 spiro atoms. The normalized spacial score (nSPS) is 13.2. The lowest BCUT2D eigenvalue weighted by atomic mass is 10.2. The van der Waals surface area contributed by atoms with Crippen LogP contribution in [0, 0.1) is 18.7 Å². The molecule has 0 aliphatic heterocycles. The zero-order valence-corrected chi connectivity index (χ0v) is 16.3. The van der Waals surface area contributed by atoms with Gasteiger partial charge in [0.05, 0.1) is 11.4 Å². The highest BCUT2D eigenvalue weighted by atomic mass is 35.5. The molecule has 2 amide bonds. The molecule has 148 valence electrons. The van der Waals surface area contributed by atoms with E-state index in [1.54, 1.807) is 31.2 Å². The van der Waals surface area contributed by atoms with Crippen molar-refractivity contribution in [2.75, 3.05) is 10.6 Å². The SMILES string of the molecule is Cc1nn(-c2ccc(F)cc2)c(Cl)c1C(=O)Nc1cccc(NC(=O)C2CC2)c1. The molecule has 29 heavy (non-hydrogen) atoms. The Morgan fingerprint density at radius 1 is 1.10 bits per heavy atom. The minimum absolute atomic E-state index is 0.00654. The van der Waals surface area contributed by atoms with Crippen molar-refractivity contribution in [1.29, 1.82) is 0 Å². The lowest BCUT2D eigenvalue weighted by Gasteiger charge is -2.09. The number of hydrogen-bond donors (Lipinski definition) is 2. The predicted octanol–water partition coefficient (Wildman–Crippen LogP) is 4.57. The molecular formula is C21H18ClFN4O2. The van der Waals surface area contributed by atoms with Crippen LogP contribution in [0.15, 0.2) is 48.5 Å². The Morgan fingerprint density at radius 3 is 2.41 bits per heavy atom. The molecule has 1 fully saturated rings. The number of benzene rings is 2. The minimum atomic E-state index is -0.425. The van der Waals surface area contributed by atoms with Crippen molar-refractivity contribution in [2.24, 2.45) is 5.92 Å². The summed E-state index contributed by atoms with van der Waals surface area (Å²) >= 11 is 6.40. The highest BCUT2D eigenvalue weighted by molar-refractivity contribution is 6.34. The molecular weight excluding hydrogens is 395 g/mol. The van der Waals surface area contributed by atoms with Gasteiger partial charge in [0.2, 0.25) is 5.91 Å². The molecule has 0 saturated heterocycles. The maximum absolute atomic E-state index is 13.2. The van der Waals surface area contributed by atoms with Gasteiger partial charge in [0, 0.05) is 17.3 Å². The smallest absolute Gasteiger partial charge is 0.260 e. The van der Waals surface area contributed by atoms with Gasteiger partial charge >= 0.3 is 0 Å². The van der Waals surface area contributed by atoms with Crippen LogP contribution in [0.5, 0.6) is 0 Å². The number of aryl methyl sites for hydroxylation is 1. The lowest BCUT2D eigenvalue weighted by molar-refractivity contribution is -0.117. The second kappa shape index (κ2) is 7.67. The number of rotatable bonds is 5. The summed E-state index contributed by atoms with van der Waals surface area (Å²) in [7, 11) is 0. The maximum atomic E-state index is 13.2. The van der Waals surface area contributed by atoms with Crippen LogP contribution in [0.3, 0.4) is 0 Å². The first-order valence-corrected chi connectivity index (χ1v) is 9.53. The van der Waals surface area contributed by atoms with E-state index in [1.807, 2.05) is 0 Å². The van der Waals surface area contributed by atoms with Gasteiger partial charge in [-0.3, -0.25) is 9.59 Å². The van der Waals surface area contributed by atoms with Crippen molar-refractivity contribution >= 4 is 34.8 Å². The average molecular weight is 413 g/mol. The molecule has 1 aromatic heterocycles. The van der Waals surface area contributed by atoms with E-state index in [0.717, 1.165) is 12.8 Å². The van der Waals surface area contributed by atoms with Gasteiger partial charge in [-0.15, -0.1) is 0 Å². The molecule has 0 radical (unpaired) electrons. The van der Waals surface area contributed by atoms with Crippen LogP contribution < -0.4 is 10.6 Å². The van der Waals surface area contributed by atoms with E-state index in [2.05, 4.69) is 15.7 Å². The van der Waals surface area contributed by atoms with Gasteiger partial charge in [0.25, 0.3) is 5.91 Å². The van der Waals surface area contributed by atoms with Gasteiger partial charge in [0.1, 0.15) is 16.5 Å². The Bertz CT molecular complexity index is 1090. The first-order valence-electron chi connectivity index (χ1n) is 9.15. The van der Waals surface area contributed by atoms with E-state index < -0.39 is 5.91 Å². The molecule has 1 aliphatic carbocycles. The molecule has 8 heteroatoms. The van der Waals surface area contributed by atoms with E-state index >= 15 is 0 Å². The molecule has 2 N–H and O–H groups in total. The fourth-order valence-electron chi connectivity index (χ4n) is 2.97. The number of aromatic nitrogens is 2. The zero-order chi connectivity index (χ0) is 20.5. The molecule has 6 nitrogen and oxygen atoms in total. The van der Waals surface area contributed by atoms with Gasteiger partial charge in [-0.2, -0.15) is 5.10 Å². The summed E-state index contributed by atoms with van der Waals surface area (Å²) in [4.78, 5) is 24.7. The molecule has 4 rings (SSSR count). The van der Waals surface area contributed by atoms with E-state index in [4.69, 9.17) is 11.6 Å². The molecule has 0 unspecified atom stereocenters. The van der Waals surface area contributed by atoms with Crippen molar-refractivity contribution in [2.45, 2.75) is 19.8 Å². The first kappa shape index (κ1) is 19.1. The van der Waals surface area contributed by atoms with Crippen molar-refractivity contribution < 1.29 is 14.0 Å². The first-order chi connectivity index (χ1) is 13.9. The Kier molecular flexibility index (Phi) is 5.07. The molecule has 0 atom stereocenters. The summed E-state index contributed by atoms with van der Waals surface area (Å²) < 4.78 is 14.6. The Morgan fingerprint density at radius 2 is 1.76 bits per heavy atom. The standard InChI is InChI=1S/C21H18ClFN4O2/c1-12-18(19(22)27(26-12)17-9-7-14(23)8-10-17)21(29)25-16-4-2-3-15(11-16)24-20(28)13-5-6-13/h2-4,7-11,13H,5-6H2,1H3,(H,24,28)(H,25,29). The maximum Gasteiger partial charge on any atom is 0.260 e. The number of hydrogen-bond acceptors (Lipinski definition) is 3. The number of amides is 2. The Labute approximate surface area is 171 Å². The number of nitrogens with one attached hydrogen (secondary N) is 2. The number of halogens is 2. The quantitative estimate of drug-likeness (QED) is 0.644. The largest absolute Gasteiger partial charge is 0.326 e. The molecule has 0 bridgehead atoms. The summed E-state index contributed by atoms with van der Waals surface area (Å²) in [6.07, 6.45) is 1.83. The third-order valence-corrected chi connectivity index (χ3v) is 4.99. The van der Waals surface area contributed by atoms with Crippen molar-refractivity contribution in [1.82, 2.24) is 9.78 Å². The second-order valence-corrected chi connectivity index (χ2v) is 7.30. The van der Waals surface area contributed by atoms with Gasteiger partial charge in [-0.1, -0.05) is 17.7 Å². The predicted molar refractivity (Wildman–Crippen MR) is 109 cm³/mol. The van der Waals surface area contributed by atoms with Crippen LogP contribution in [0.1, 0.15) is 28.9 Å². The van der Waals surface area contributed by atoms with E-state index in [1.165, 1.54) is 28.9 Å². The summed E-state index contributed by atoms with van der Waals surface area (Å²) in [5.74, 6) is -0.716. The van der Waals surface area contributed by atoms with Gasteiger partial charge < -0.3 is 10.6 Å². The third kappa shape index (κ3) is 4.14. The van der Waals surface area contributed by atoms with E-state index in [0.29, 0.717) is 22.8 Å². The van der Waals surface area contributed by atoms with Crippen LogP contribution in [0.4, 0.5) is 15.8 Å². The Balaban J connectivity index is 1.54. The number of carbonyl (C=O) groups is 2. The fourth-order valence-corrected chi connectivity index (χ4v) is 3.33. The lowest BCUT2D eigenvalue weighted by Crippen LogP contribution is -2.15. The summed E-state index contributed by atoms with van der Waals surface area (Å²) in [5.41, 5.74) is 2.35. The second-order valence-electron chi connectivity index (χ2n) is 6.94. The number of nitrogens with zero attached hydrogens (tertiary/aromatic N) is 2. The van der Waals surface area contributed by atoms with Crippen LogP contribution in [0.25, 0.3) is 5.69 Å². The molecule has 2 aromatic carbocycles. The summed E-state index contributed by atoms with van der Waals surface area (Å²) in [6.45, 7) is 1.67. The minimum Gasteiger partial charge on any atom is -0.326 e. The van der Waals surface area contributed by atoms with Crippen LogP contribution in [-0.2, 0) is 4.79 Å². The van der Waals surface area contributed by atoms with Crippen LogP contribution in [-0.4, -0.2) is 21.6 Å². The molecule has 1 heterocycles. The fraction of sp³-hybridized carbons (Fsp3) is 0.190. The van der Waals surface area contributed by atoms with Crippen molar-refractivity contribution in [3.8, 4) is 5.69 Å². The average Bonchev–Trinajstić information content (AvgIpc) is 3.48. The molecule has 1 aliphatic rings. The molecule has 3 aromatic rings. The highest BCUT2D eigenvalue weighted by Crippen LogP contribution is 2.30.